The summed E-state index contributed by atoms with van der Waals surface area (Å²) in [4.78, 5) is 17.3. The lowest BCUT2D eigenvalue weighted by Crippen LogP contribution is -2.24. The zero-order valence-corrected chi connectivity index (χ0v) is 11.8. The molecule has 2 aliphatic rings. The average Bonchev–Trinajstić information content (AvgIpc) is 3.03. The van der Waals surface area contributed by atoms with E-state index in [0.29, 0.717) is 10.8 Å². The highest BCUT2D eigenvalue weighted by atomic mass is 32.1. The Labute approximate surface area is 112 Å². The van der Waals surface area contributed by atoms with Crippen LogP contribution in [-0.4, -0.2) is 17.1 Å². The van der Waals surface area contributed by atoms with Crippen LogP contribution in [0.4, 0.5) is 0 Å². The second kappa shape index (κ2) is 4.65. The number of aryl methyl sites for hydroxylation is 2. The van der Waals surface area contributed by atoms with Gasteiger partial charge < -0.3 is 4.74 Å². The third-order valence-electron chi connectivity index (χ3n) is 4.26. The van der Waals surface area contributed by atoms with Crippen LogP contribution in [0.5, 0.6) is 0 Å². The summed E-state index contributed by atoms with van der Waals surface area (Å²) < 4.78 is 5.70. The van der Waals surface area contributed by atoms with Crippen molar-refractivity contribution in [2.75, 3.05) is 0 Å². The molecule has 0 amide bonds. The van der Waals surface area contributed by atoms with Gasteiger partial charge in [0.15, 0.2) is 0 Å². The molecule has 2 saturated carbocycles. The molecule has 2 bridgehead atoms. The van der Waals surface area contributed by atoms with E-state index in [1.54, 1.807) is 0 Å². The Bertz CT molecular complexity index is 468. The third-order valence-corrected chi connectivity index (χ3v) is 5.54. The summed E-state index contributed by atoms with van der Waals surface area (Å²) in [6.45, 7) is 3.95. The lowest BCUT2D eigenvalue weighted by atomic mass is 9.98. The lowest BCUT2D eigenvalue weighted by molar-refractivity contribution is 0.0163. The highest BCUT2D eigenvalue weighted by Crippen LogP contribution is 2.46. The number of rotatable bonds is 3. The first-order chi connectivity index (χ1) is 8.67. The molecular weight excluding hydrogens is 246 g/mol. The maximum Gasteiger partial charge on any atom is 0.350 e. The van der Waals surface area contributed by atoms with Crippen LogP contribution < -0.4 is 0 Å². The molecule has 4 heteroatoms. The molecule has 3 nitrogen and oxygen atoms in total. The predicted molar refractivity (Wildman–Crippen MR) is 70.9 cm³/mol. The number of carbonyl (C=O) groups excluding carboxylic acids is 1. The highest BCUT2D eigenvalue weighted by molar-refractivity contribution is 7.13. The molecule has 0 N–H and O–H groups in total. The summed E-state index contributed by atoms with van der Waals surface area (Å²) in [5.74, 6) is 1.28. The Morgan fingerprint density at radius 2 is 2.28 bits per heavy atom. The number of esters is 1. The van der Waals surface area contributed by atoms with Crippen molar-refractivity contribution in [3.05, 3.63) is 15.6 Å². The van der Waals surface area contributed by atoms with Crippen LogP contribution in [-0.2, 0) is 11.2 Å². The molecule has 1 aromatic heterocycles. The van der Waals surface area contributed by atoms with Crippen LogP contribution in [0.15, 0.2) is 0 Å². The largest absolute Gasteiger partial charge is 0.458 e. The van der Waals surface area contributed by atoms with Gasteiger partial charge >= 0.3 is 5.97 Å². The fraction of sp³-hybridized carbons (Fsp3) is 0.714. The normalized spacial score (nSPS) is 29.8. The topological polar surface area (TPSA) is 39.2 Å². The van der Waals surface area contributed by atoms with Crippen molar-refractivity contribution < 1.29 is 9.53 Å². The number of aromatic nitrogens is 1. The van der Waals surface area contributed by atoms with E-state index in [4.69, 9.17) is 4.74 Å². The van der Waals surface area contributed by atoms with E-state index in [9.17, 15) is 4.79 Å². The second-order valence-electron chi connectivity index (χ2n) is 5.49. The summed E-state index contributed by atoms with van der Waals surface area (Å²) in [5, 5.41) is 1.02. The Balaban J connectivity index is 1.69. The Morgan fingerprint density at radius 3 is 2.83 bits per heavy atom. The van der Waals surface area contributed by atoms with Gasteiger partial charge in [0.05, 0.1) is 10.7 Å². The minimum Gasteiger partial charge on any atom is -0.458 e. The molecular formula is C14H19NO2S. The molecule has 18 heavy (non-hydrogen) atoms. The van der Waals surface area contributed by atoms with Gasteiger partial charge in [0.2, 0.25) is 0 Å². The first kappa shape index (κ1) is 12.2. The van der Waals surface area contributed by atoms with Gasteiger partial charge in [-0.2, -0.15) is 0 Å². The van der Waals surface area contributed by atoms with Crippen molar-refractivity contribution in [2.24, 2.45) is 11.8 Å². The lowest BCUT2D eigenvalue weighted by Gasteiger charge is -2.21. The molecule has 3 atom stereocenters. The van der Waals surface area contributed by atoms with Gasteiger partial charge in [-0.15, -0.1) is 11.3 Å². The Kier molecular flexibility index (Phi) is 3.14. The van der Waals surface area contributed by atoms with Crippen molar-refractivity contribution in [3.8, 4) is 0 Å². The Morgan fingerprint density at radius 1 is 1.44 bits per heavy atom. The molecule has 0 aliphatic heterocycles. The van der Waals surface area contributed by atoms with Crippen LogP contribution in [0.1, 0.15) is 53.0 Å². The van der Waals surface area contributed by atoms with Crippen LogP contribution in [0, 0.1) is 18.8 Å². The van der Waals surface area contributed by atoms with E-state index in [2.05, 4.69) is 11.9 Å². The maximum atomic E-state index is 12.2. The van der Waals surface area contributed by atoms with Crippen LogP contribution >= 0.6 is 11.3 Å². The number of hydrogen-bond donors (Lipinski definition) is 0. The fourth-order valence-electron chi connectivity index (χ4n) is 3.31. The standard InChI is InChI=1S/C14H19NO2S/c1-3-12-15-8(2)13(18-12)14(16)17-11-7-9-4-5-10(11)6-9/h9-11H,3-7H2,1-2H3/t9-,10-,11-/m0/s1. The van der Waals surface area contributed by atoms with Gasteiger partial charge in [-0.3, -0.25) is 0 Å². The number of carbonyl (C=O) groups is 1. The first-order valence-corrected chi connectivity index (χ1v) is 7.66. The molecule has 3 rings (SSSR count). The van der Waals surface area contributed by atoms with E-state index in [1.807, 2.05) is 6.92 Å². The van der Waals surface area contributed by atoms with Crippen molar-refractivity contribution in [1.29, 1.82) is 0 Å². The predicted octanol–water partition coefficient (Wildman–Crippen LogP) is 3.36. The van der Waals surface area contributed by atoms with E-state index in [0.717, 1.165) is 29.5 Å². The maximum absolute atomic E-state index is 12.2. The van der Waals surface area contributed by atoms with E-state index >= 15 is 0 Å². The minimum absolute atomic E-state index is 0.151. The highest BCUT2D eigenvalue weighted by Gasteiger charge is 2.42. The van der Waals surface area contributed by atoms with E-state index in [-0.39, 0.29) is 12.1 Å². The van der Waals surface area contributed by atoms with Gasteiger partial charge in [-0.25, -0.2) is 9.78 Å². The SMILES string of the molecule is CCc1nc(C)c(C(=O)O[C@H]2C[C@H]3CC[C@H]2C3)s1. The van der Waals surface area contributed by atoms with Gasteiger partial charge in [0.1, 0.15) is 11.0 Å². The number of hydrogen-bond acceptors (Lipinski definition) is 4. The summed E-state index contributed by atoms with van der Waals surface area (Å²) in [7, 11) is 0. The summed E-state index contributed by atoms with van der Waals surface area (Å²) in [5.41, 5.74) is 0.824. The van der Waals surface area contributed by atoms with Crippen molar-refractivity contribution in [1.82, 2.24) is 4.98 Å². The van der Waals surface area contributed by atoms with Crippen LogP contribution in [0.2, 0.25) is 0 Å². The average molecular weight is 265 g/mol. The molecule has 0 radical (unpaired) electrons. The minimum atomic E-state index is -0.151. The van der Waals surface area contributed by atoms with Gasteiger partial charge in [-0.1, -0.05) is 6.92 Å². The van der Waals surface area contributed by atoms with Gasteiger partial charge in [0.25, 0.3) is 0 Å². The van der Waals surface area contributed by atoms with E-state index in [1.165, 1.54) is 30.6 Å². The Hall–Kier alpha value is -0.900. The molecule has 1 heterocycles. The first-order valence-electron chi connectivity index (χ1n) is 6.84. The van der Waals surface area contributed by atoms with Gasteiger partial charge in [-0.05, 0) is 50.9 Å². The molecule has 98 valence electrons. The monoisotopic (exact) mass is 265 g/mol. The van der Waals surface area contributed by atoms with Gasteiger partial charge in [0, 0.05) is 0 Å². The smallest absolute Gasteiger partial charge is 0.350 e. The molecule has 0 saturated heterocycles. The summed E-state index contributed by atoms with van der Waals surface area (Å²) in [6.07, 6.45) is 5.97. The van der Waals surface area contributed by atoms with Crippen LogP contribution in [0.25, 0.3) is 0 Å². The quantitative estimate of drug-likeness (QED) is 0.787. The van der Waals surface area contributed by atoms with Crippen molar-refractivity contribution in [2.45, 2.75) is 52.1 Å². The zero-order valence-electron chi connectivity index (χ0n) is 10.9. The number of nitrogens with zero attached hydrogens (tertiary/aromatic N) is 1. The summed E-state index contributed by atoms with van der Waals surface area (Å²) >= 11 is 1.49. The molecule has 2 aliphatic carbocycles. The molecule has 0 spiro atoms. The second-order valence-corrected chi connectivity index (χ2v) is 6.58. The van der Waals surface area contributed by atoms with Crippen LogP contribution in [0.3, 0.4) is 0 Å². The van der Waals surface area contributed by atoms with Crippen molar-refractivity contribution >= 4 is 17.3 Å². The summed E-state index contributed by atoms with van der Waals surface area (Å²) in [6, 6.07) is 0. The zero-order chi connectivity index (χ0) is 12.7. The molecule has 2 fully saturated rings. The fourth-order valence-corrected chi connectivity index (χ4v) is 4.20. The van der Waals surface area contributed by atoms with Crippen molar-refractivity contribution in [3.63, 3.8) is 0 Å². The molecule has 1 aromatic rings. The molecule has 0 aromatic carbocycles. The molecule has 0 unspecified atom stereocenters. The third kappa shape index (κ3) is 2.07. The van der Waals surface area contributed by atoms with E-state index < -0.39 is 0 Å². The number of thiazole rings is 1. The number of fused-ring (bicyclic) bond motifs is 2. The number of ether oxygens (including phenoxy) is 1.